The fourth-order valence-electron chi connectivity index (χ4n) is 15.3. The Morgan fingerprint density at radius 2 is 0.719 bits per heavy atom. The van der Waals surface area contributed by atoms with Crippen LogP contribution in [0.2, 0.25) is 0 Å². The Balaban J connectivity index is 1.21. The number of allylic oxidation sites excluding steroid dienone is 4. The lowest BCUT2D eigenvalue weighted by Gasteiger charge is -2.46. The SMILES string of the molecule is C=C(C)C(=O)C(=CCO)OOC1CCC2C3NC4NC(NC5NC(NC6NC(NC(N3)C2C1OOC(=CCO)C(=O)C(=C)C)C1C(OOC(=CCO)C(=O)C(=C)C)C(OOC(=CCO)C(=O)C(=C)C)C(C=O)C(C(=O)O)C61)C1CCCCC51)C1CCCCC41. The Hall–Kier alpha value is -5.70. The number of carbonyl (C=O) groups is 6. The molecule has 0 radical (unpaired) electrons. The number of rotatable bonds is 26. The minimum Gasteiger partial charge on any atom is -0.481 e. The number of aliphatic carboxylic acids is 1. The van der Waals surface area contributed by atoms with Gasteiger partial charge >= 0.3 is 5.97 Å². The highest BCUT2D eigenvalue weighted by Crippen LogP contribution is 2.51. The van der Waals surface area contributed by atoms with Crippen LogP contribution < -0.4 is 42.5 Å². The molecule has 89 heavy (non-hydrogen) atoms. The van der Waals surface area contributed by atoms with Crippen molar-refractivity contribution in [3.05, 3.63) is 95.9 Å². The topological polar surface area (TPSA) is 374 Å². The molecule has 9 fully saturated rings. The molecular weight excluding hydrogens is 1160 g/mol. The largest absolute Gasteiger partial charge is 0.481 e. The Bertz CT molecular complexity index is 2830. The lowest BCUT2D eigenvalue weighted by Crippen LogP contribution is -2.63. The first-order valence-corrected chi connectivity index (χ1v) is 30.9. The molecule has 0 spiro atoms. The summed E-state index contributed by atoms with van der Waals surface area (Å²) < 4.78 is 0. The molecule has 0 amide bonds. The number of carboxylic acids is 1. The van der Waals surface area contributed by atoms with Crippen LogP contribution in [0.4, 0.5) is 0 Å². The number of nitrogens with one attached hydrogen (secondary N) is 8. The van der Waals surface area contributed by atoms with E-state index in [1.807, 2.05) is 0 Å². The first kappa shape index (κ1) is 67.7. The van der Waals surface area contributed by atoms with Gasteiger partial charge in [-0.25, -0.2) is 0 Å². The van der Waals surface area contributed by atoms with Gasteiger partial charge in [-0.2, -0.15) is 19.6 Å². The quantitative estimate of drug-likeness (QED) is 0.0190. The van der Waals surface area contributed by atoms with E-state index in [1.165, 1.54) is 27.7 Å². The summed E-state index contributed by atoms with van der Waals surface area (Å²) in [5, 5.41) is 82.9. The number of aliphatic hydroxyl groups excluding tert-OH is 4. The number of hydrogen-bond acceptors (Lipinski definition) is 26. The highest BCUT2D eigenvalue weighted by molar-refractivity contribution is 6.07. The summed E-state index contributed by atoms with van der Waals surface area (Å²) in [7, 11) is 0. The van der Waals surface area contributed by atoms with Crippen molar-refractivity contribution < 1.29 is 93.4 Å². The second-order valence-corrected chi connectivity index (χ2v) is 25.0. The summed E-state index contributed by atoms with van der Waals surface area (Å²) in [4.78, 5) is 131. The van der Waals surface area contributed by atoms with Gasteiger partial charge in [-0.05, 0) is 142 Å². The zero-order valence-corrected chi connectivity index (χ0v) is 50.8. The molecule has 27 nitrogen and oxygen atoms in total. The van der Waals surface area contributed by atoms with Gasteiger partial charge in [0.25, 0.3) is 0 Å². The number of carboxylic acid groups (broad SMARTS) is 1. The molecule has 0 aromatic heterocycles. The maximum absolute atomic E-state index is 14.3. The summed E-state index contributed by atoms with van der Waals surface area (Å²) in [6.45, 7) is 18.0. The fourth-order valence-corrected chi connectivity index (χ4v) is 15.3. The summed E-state index contributed by atoms with van der Waals surface area (Å²) >= 11 is 0. The van der Waals surface area contributed by atoms with Crippen molar-refractivity contribution in [3.8, 4) is 0 Å². The average Bonchev–Trinajstić information content (AvgIpc) is 1.71. The van der Waals surface area contributed by atoms with Crippen LogP contribution >= 0.6 is 0 Å². The number of aliphatic hydroxyl groups is 4. The molecule has 5 saturated heterocycles. The Morgan fingerprint density at radius 3 is 1.08 bits per heavy atom. The molecule has 22 unspecified atom stereocenters. The third-order valence-corrected chi connectivity index (χ3v) is 19.3. The van der Waals surface area contributed by atoms with Gasteiger partial charge in [-0.15, -0.1) is 0 Å². The van der Waals surface area contributed by atoms with Crippen LogP contribution in [0.3, 0.4) is 0 Å². The lowest BCUT2D eigenvalue weighted by atomic mass is 9.63. The molecule has 27 heteroatoms. The zero-order chi connectivity index (χ0) is 64.0. The summed E-state index contributed by atoms with van der Waals surface area (Å²) in [6, 6.07) is 0. The number of Topliss-reactive ketones (excluding diaryl/α,β-unsaturated/α-hetero) is 4. The molecule has 5 aliphatic heterocycles. The van der Waals surface area contributed by atoms with E-state index in [9.17, 15) is 54.3 Å². The molecule has 22 atom stereocenters. The highest BCUT2D eigenvalue weighted by Gasteiger charge is 2.66. The number of hydrogen-bond donors (Lipinski definition) is 13. The van der Waals surface area contributed by atoms with Crippen LogP contribution in [0.1, 0.15) is 91.9 Å². The Labute approximate surface area is 516 Å². The minimum atomic E-state index is -1.80. The van der Waals surface area contributed by atoms with E-state index in [-0.39, 0.29) is 76.6 Å². The molecule has 4 saturated carbocycles. The van der Waals surface area contributed by atoms with Gasteiger partial charge in [-0.3, -0.25) is 66.5 Å². The standard InChI is InChI=1S/C62H88N8O19/c1-28(2)47(76)38(19-23-71)82-86-42-18-17-36-44(52(42)88-84-40(21-25-73)49(78)30(5)6)59-68-58(36)66-56-33-14-10-9-13-32(33)54(64-56)63-55-34-15-11-12-16-35(34)57(65-55)67-60-45-43(62(80)81)37(27-75)51(87-83-39(20-24-72)48(77)29(3)4)53(46(45)61(69-59)70-60)89-85-41(22-26-74)50(79)31(7)8/h19-22,27,32-37,42-46,51-61,63-74H,1,3,5,7,9-18,23-26H2,2,4,6,8H3,(H,80,81). The van der Waals surface area contributed by atoms with Gasteiger partial charge in [-0.1, -0.05) is 52.0 Å². The Morgan fingerprint density at radius 1 is 0.404 bits per heavy atom. The van der Waals surface area contributed by atoms with Crippen molar-refractivity contribution in [1.29, 1.82) is 0 Å². The predicted octanol–water partition coefficient (Wildman–Crippen LogP) is 1.13. The summed E-state index contributed by atoms with van der Waals surface area (Å²) in [5.74, 6) is -12.4. The molecule has 4 aliphatic carbocycles. The van der Waals surface area contributed by atoms with Crippen molar-refractivity contribution in [2.75, 3.05) is 26.4 Å². The van der Waals surface area contributed by atoms with Crippen molar-refractivity contribution in [2.24, 2.45) is 59.2 Å². The lowest BCUT2D eigenvalue weighted by molar-refractivity contribution is -0.390. The van der Waals surface area contributed by atoms with Gasteiger partial charge in [0.05, 0.1) is 87.6 Å². The van der Waals surface area contributed by atoms with Crippen LogP contribution in [0.15, 0.2) is 95.9 Å². The maximum atomic E-state index is 14.3. The van der Waals surface area contributed by atoms with E-state index >= 15 is 0 Å². The molecule has 0 aromatic rings. The highest BCUT2D eigenvalue weighted by atomic mass is 17.2. The van der Waals surface area contributed by atoms with Crippen molar-refractivity contribution in [3.63, 3.8) is 0 Å². The van der Waals surface area contributed by atoms with E-state index in [1.54, 1.807) is 0 Å². The van der Waals surface area contributed by atoms with Crippen LogP contribution in [0, 0.1) is 59.2 Å². The van der Waals surface area contributed by atoms with Crippen LogP contribution in [-0.4, -0.2) is 161 Å². The van der Waals surface area contributed by atoms with Crippen molar-refractivity contribution in [2.45, 2.75) is 166 Å². The molecule has 5 heterocycles. The normalized spacial score (nSPS) is 37.8. The van der Waals surface area contributed by atoms with Gasteiger partial charge < -0.3 is 49.9 Å². The van der Waals surface area contributed by atoms with Crippen LogP contribution in [0.25, 0.3) is 0 Å². The molecule has 9 rings (SSSR count). The van der Waals surface area contributed by atoms with Gasteiger partial charge in [0.15, 0.2) is 0 Å². The van der Waals surface area contributed by atoms with E-state index in [0.29, 0.717) is 12.7 Å². The minimum absolute atomic E-state index is 0.00711. The zero-order valence-electron chi connectivity index (χ0n) is 50.8. The third kappa shape index (κ3) is 14.5. The smallest absolute Gasteiger partial charge is 0.307 e. The monoisotopic (exact) mass is 1250 g/mol. The maximum Gasteiger partial charge on any atom is 0.307 e. The first-order chi connectivity index (χ1) is 42.7. The summed E-state index contributed by atoms with van der Waals surface area (Å²) in [5.41, 5.74) is 0.114. The third-order valence-electron chi connectivity index (χ3n) is 19.3. The second-order valence-electron chi connectivity index (χ2n) is 25.0. The predicted molar refractivity (Wildman–Crippen MR) is 314 cm³/mol. The summed E-state index contributed by atoms with van der Waals surface area (Å²) in [6.07, 6.45) is 2.57. The second kappa shape index (κ2) is 30.2. The molecule has 490 valence electrons. The number of carbonyl (C=O) groups excluding carboxylic acids is 5. The van der Waals surface area contributed by atoms with E-state index < -0.39 is 164 Å². The van der Waals surface area contributed by atoms with Crippen LogP contribution in [-0.2, 0) is 67.9 Å². The number of fused-ring (bicyclic) bond motifs is 20. The molecule has 8 bridgehead atoms. The van der Waals surface area contributed by atoms with Crippen molar-refractivity contribution in [1.82, 2.24) is 42.5 Å². The van der Waals surface area contributed by atoms with Gasteiger partial charge in [0.2, 0.25) is 46.2 Å². The van der Waals surface area contributed by atoms with Gasteiger partial charge in [0, 0.05) is 17.8 Å². The van der Waals surface area contributed by atoms with Crippen LogP contribution in [0.5, 0.6) is 0 Å². The number of aldehydes is 1. The fraction of sp³-hybridized carbons (Fsp3) is 0.645. The first-order valence-electron chi connectivity index (χ1n) is 30.9. The molecule has 9 aliphatic rings. The van der Waals surface area contributed by atoms with Gasteiger partial charge in [0.1, 0.15) is 30.7 Å². The Kier molecular flexibility index (Phi) is 22.9. The molecule has 13 N–H and O–H groups in total. The average molecular weight is 1250 g/mol. The number of ketones is 4. The van der Waals surface area contributed by atoms with Crippen molar-refractivity contribution >= 4 is 35.4 Å². The van der Waals surface area contributed by atoms with E-state index in [4.69, 9.17) is 39.1 Å². The van der Waals surface area contributed by atoms with E-state index in [2.05, 4.69) is 68.9 Å². The molecular formula is C62H88N8O19. The molecule has 0 aromatic carbocycles. The van der Waals surface area contributed by atoms with E-state index in [0.717, 1.165) is 75.7 Å².